The lowest BCUT2D eigenvalue weighted by atomic mass is 10.2. The molecular weight excluding hydrogens is 408 g/mol. The summed E-state index contributed by atoms with van der Waals surface area (Å²) in [5.74, 6) is 3.17. The normalized spacial score (nSPS) is 10.5. The molecule has 1 amide bonds. The molecule has 0 bridgehead atoms. The molecule has 0 radical (unpaired) electrons. The monoisotopic (exact) mass is 420 g/mol. The first-order chi connectivity index (χ1) is 11.7. The van der Waals surface area contributed by atoms with Gasteiger partial charge in [0, 0.05) is 15.2 Å². The molecule has 0 aromatic carbocycles. The first-order valence-electron chi connectivity index (χ1n) is 7.08. The number of aromatic nitrogens is 1. The summed E-state index contributed by atoms with van der Waals surface area (Å²) in [6.45, 7) is 0.610. The number of thiazole rings is 1. The molecular formula is C17H13BrN2O2S2. The first-order valence-corrected chi connectivity index (χ1v) is 9.63. The van der Waals surface area contributed by atoms with E-state index in [1.54, 1.807) is 28.6 Å². The van der Waals surface area contributed by atoms with E-state index in [0.717, 1.165) is 20.1 Å². The molecule has 122 valence electrons. The molecule has 3 heterocycles. The van der Waals surface area contributed by atoms with Gasteiger partial charge in [0.1, 0.15) is 10.8 Å². The second-order valence-corrected chi connectivity index (χ2v) is 7.67. The van der Waals surface area contributed by atoms with Gasteiger partial charge in [0.15, 0.2) is 0 Å². The third kappa shape index (κ3) is 4.15. The van der Waals surface area contributed by atoms with Crippen LogP contribution in [0.1, 0.15) is 11.5 Å². The molecule has 3 aromatic heterocycles. The van der Waals surface area contributed by atoms with Gasteiger partial charge in [0.2, 0.25) is 5.91 Å². The topological polar surface area (TPSA) is 46.3 Å². The van der Waals surface area contributed by atoms with Crippen molar-refractivity contribution in [2.75, 3.05) is 6.54 Å². The van der Waals surface area contributed by atoms with Crippen LogP contribution in [0.2, 0.25) is 0 Å². The number of amides is 1. The third-order valence-electron chi connectivity index (χ3n) is 3.22. The maximum absolute atomic E-state index is 12.5. The van der Waals surface area contributed by atoms with E-state index < -0.39 is 0 Å². The standard InChI is InChI=1S/C17H13BrN2O2S2/c1-2-5-20(9-14-4-3-6-22-14)16(21)8-13-11-24-17(19-13)15-7-12(18)10-23-15/h1,3-4,6-7,10-11H,5,8-9H2. The Hall–Kier alpha value is -1.88. The fraction of sp³-hybridized carbons (Fsp3) is 0.176. The zero-order valence-electron chi connectivity index (χ0n) is 12.6. The smallest absolute Gasteiger partial charge is 0.229 e. The number of carbonyl (C=O) groups excluding carboxylic acids is 1. The Morgan fingerprint density at radius 3 is 2.96 bits per heavy atom. The fourth-order valence-electron chi connectivity index (χ4n) is 2.13. The number of furan rings is 1. The zero-order chi connectivity index (χ0) is 16.9. The van der Waals surface area contributed by atoms with Crippen LogP contribution in [0.4, 0.5) is 0 Å². The lowest BCUT2D eigenvalue weighted by molar-refractivity contribution is -0.130. The molecule has 0 saturated carbocycles. The third-order valence-corrected chi connectivity index (χ3v) is 5.98. The van der Waals surface area contributed by atoms with Crippen molar-refractivity contribution in [1.29, 1.82) is 0 Å². The number of halogens is 1. The number of thiophene rings is 1. The lowest BCUT2D eigenvalue weighted by Crippen LogP contribution is -2.32. The van der Waals surface area contributed by atoms with Gasteiger partial charge in [-0.05, 0) is 34.1 Å². The van der Waals surface area contributed by atoms with Crippen molar-refractivity contribution in [3.05, 3.63) is 51.1 Å². The minimum absolute atomic E-state index is 0.0615. The van der Waals surface area contributed by atoms with Crippen molar-refractivity contribution in [2.45, 2.75) is 13.0 Å². The van der Waals surface area contributed by atoms with Crippen molar-refractivity contribution in [1.82, 2.24) is 9.88 Å². The van der Waals surface area contributed by atoms with Gasteiger partial charge >= 0.3 is 0 Å². The van der Waals surface area contributed by atoms with Crippen LogP contribution in [0.5, 0.6) is 0 Å². The molecule has 0 spiro atoms. The summed E-state index contributed by atoms with van der Waals surface area (Å²) >= 11 is 6.60. The predicted molar refractivity (Wildman–Crippen MR) is 99.8 cm³/mol. The van der Waals surface area contributed by atoms with Crippen LogP contribution in [0.25, 0.3) is 9.88 Å². The molecule has 0 saturated heterocycles. The highest BCUT2D eigenvalue weighted by atomic mass is 79.9. The second kappa shape index (κ2) is 7.79. The van der Waals surface area contributed by atoms with Crippen LogP contribution in [0.3, 0.4) is 0 Å². The number of carbonyl (C=O) groups is 1. The summed E-state index contributed by atoms with van der Waals surface area (Å²) < 4.78 is 6.33. The molecule has 0 N–H and O–H groups in total. The molecule has 0 atom stereocenters. The zero-order valence-corrected chi connectivity index (χ0v) is 15.8. The van der Waals surface area contributed by atoms with Gasteiger partial charge in [0.25, 0.3) is 0 Å². The Morgan fingerprint density at radius 1 is 1.42 bits per heavy atom. The highest BCUT2D eigenvalue weighted by Gasteiger charge is 2.17. The Kier molecular flexibility index (Phi) is 5.51. The van der Waals surface area contributed by atoms with E-state index in [4.69, 9.17) is 10.8 Å². The Labute approximate surface area is 156 Å². The Morgan fingerprint density at radius 2 is 2.29 bits per heavy atom. The van der Waals surface area contributed by atoms with Gasteiger partial charge in [0.05, 0.1) is 36.3 Å². The van der Waals surface area contributed by atoms with Gasteiger partial charge in [-0.15, -0.1) is 29.1 Å². The molecule has 0 fully saturated rings. The molecule has 3 aromatic rings. The van der Waals surface area contributed by atoms with E-state index in [1.165, 1.54) is 11.3 Å². The van der Waals surface area contributed by atoms with E-state index >= 15 is 0 Å². The average Bonchev–Trinajstić information content (AvgIpc) is 3.28. The SMILES string of the molecule is C#CCN(Cc1ccco1)C(=O)Cc1csc(-c2cc(Br)cs2)n1. The van der Waals surface area contributed by atoms with Gasteiger partial charge in [-0.2, -0.15) is 0 Å². The summed E-state index contributed by atoms with van der Waals surface area (Å²) in [7, 11) is 0. The van der Waals surface area contributed by atoms with E-state index in [9.17, 15) is 4.79 Å². The highest BCUT2D eigenvalue weighted by Crippen LogP contribution is 2.32. The minimum atomic E-state index is -0.0615. The quantitative estimate of drug-likeness (QED) is 0.554. The Bertz CT molecular complexity index is 861. The maximum Gasteiger partial charge on any atom is 0.229 e. The first kappa shape index (κ1) is 17.0. The minimum Gasteiger partial charge on any atom is -0.467 e. The van der Waals surface area contributed by atoms with Gasteiger partial charge in [-0.25, -0.2) is 4.98 Å². The van der Waals surface area contributed by atoms with Crippen molar-refractivity contribution < 1.29 is 9.21 Å². The van der Waals surface area contributed by atoms with Crippen LogP contribution < -0.4 is 0 Å². The number of terminal acetylenes is 1. The van der Waals surface area contributed by atoms with Gasteiger partial charge in [-0.1, -0.05) is 5.92 Å². The number of nitrogens with zero attached hydrogens (tertiary/aromatic N) is 2. The summed E-state index contributed by atoms with van der Waals surface area (Å²) in [6.07, 6.45) is 7.19. The molecule has 3 rings (SSSR count). The molecule has 24 heavy (non-hydrogen) atoms. The predicted octanol–water partition coefficient (Wildman–Crippen LogP) is 4.43. The van der Waals surface area contributed by atoms with Crippen molar-refractivity contribution in [2.24, 2.45) is 0 Å². The van der Waals surface area contributed by atoms with E-state index in [0.29, 0.717) is 12.3 Å². The second-order valence-electron chi connectivity index (χ2n) is 4.98. The lowest BCUT2D eigenvalue weighted by Gasteiger charge is -2.18. The van der Waals surface area contributed by atoms with Crippen LogP contribution >= 0.6 is 38.6 Å². The summed E-state index contributed by atoms with van der Waals surface area (Å²) in [5.41, 5.74) is 0.756. The summed E-state index contributed by atoms with van der Waals surface area (Å²) in [6, 6.07) is 5.64. The van der Waals surface area contributed by atoms with Crippen molar-refractivity contribution in [3.8, 4) is 22.2 Å². The number of rotatable bonds is 6. The number of hydrogen-bond acceptors (Lipinski definition) is 5. The van der Waals surface area contributed by atoms with Crippen LogP contribution in [-0.4, -0.2) is 22.3 Å². The van der Waals surface area contributed by atoms with E-state index in [1.807, 2.05) is 22.9 Å². The average molecular weight is 421 g/mol. The van der Waals surface area contributed by atoms with E-state index in [2.05, 4.69) is 26.8 Å². The summed E-state index contributed by atoms with van der Waals surface area (Å²) in [5, 5.41) is 4.85. The molecule has 0 unspecified atom stereocenters. The molecule has 0 aliphatic rings. The molecule has 0 aliphatic carbocycles. The summed E-state index contributed by atoms with van der Waals surface area (Å²) in [4.78, 5) is 19.8. The molecule has 4 nitrogen and oxygen atoms in total. The molecule has 7 heteroatoms. The maximum atomic E-state index is 12.5. The fourth-order valence-corrected chi connectivity index (χ4v) is 4.45. The van der Waals surface area contributed by atoms with Crippen LogP contribution in [0, 0.1) is 12.3 Å². The largest absolute Gasteiger partial charge is 0.467 e. The highest BCUT2D eigenvalue weighted by molar-refractivity contribution is 9.10. The van der Waals surface area contributed by atoms with Crippen molar-refractivity contribution >= 4 is 44.5 Å². The number of hydrogen-bond donors (Lipinski definition) is 0. The molecule has 0 aliphatic heterocycles. The van der Waals surface area contributed by atoms with Crippen LogP contribution in [0.15, 0.2) is 44.1 Å². The Balaban J connectivity index is 1.68. The van der Waals surface area contributed by atoms with Crippen LogP contribution in [-0.2, 0) is 17.8 Å². The van der Waals surface area contributed by atoms with Gasteiger partial charge in [-0.3, -0.25) is 4.79 Å². The van der Waals surface area contributed by atoms with Gasteiger partial charge < -0.3 is 9.32 Å². The van der Waals surface area contributed by atoms with Crippen molar-refractivity contribution in [3.63, 3.8) is 0 Å². The van der Waals surface area contributed by atoms with E-state index in [-0.39, 0.29) is 18.9 Å².